The van der Waals surface area contributed by atoms with Crippen molar-refractivity contribution in [2.45, 2.75) is 36.6 Å². The van der Waals surface area contributed by atoms with E-state index in [0.29, 0.717) is 11.7 Å². The molecule has 0 bridgehead atoms. The molecule has 2 aliphatic rings. The van der Waals surface area contributed by atoms with Gasteiger partial charge in [0.05, 0.1) is 16.3 Å². The Morgan fingerprint density at radius 1 is 1.30 bits per heavy atom. The minimum absolute atomic E-state index is 0.225. The molecule has 0 saturated heterocycles. The molecule has 110 valence electrons. The molecular weight excluding hydrogens is 274 g/mol. The molecule has 1 aromatic carbocycles. The maximum atomic E-state index is 11.8. The highest BCUT2D eigenvalue weighted by atomic mass is 32.2. The first-order chi connectivity index (χ1) is 9.51. The molecule has 6 heteroatoms. The first kappa shape index (κ1) is 13.7. The van der Waals surface area contributed by atoms with E-state index in [1.807, 2.05) is 6.07 Å². The maximum Gasteiger partial charge on any atom is 0.240 e. The fourth-order valence-electron chi connectivity index (χ4n) is 2.49. The van der Waals surface area contributed by atoms with E-state index in [-0.39, 0.29) is 4.90 Å². The highest BCUT2D eigenvalue weighted by Crippen LogP contribution is 2.40. The molecule has 3 N–H and O–H groups in total. The van der Waals surface area contributed by atoms with E-state index in [0.717, 1.165) is 18.2 Å². The minimum atomic E-state index is -3.43. The highest BCUT2D eigenvalue weighted by Gasteiger charge is 2.34. The van der Waals surface area contributed by atoms with Crippen LogP contribution in [0.3, 0.4) is 0 Å². The second-order valence-corrected chi connectivity index (χ2v) is 7.64. The zero-order chi connectivity index (χ0) is 14.3. The number of benzene rings is 1. The lowest BCUT2D eigenvalue weighted by Crippen LogP contribution is -2.29. The number of nitrogens with zero attached hydrogens (tertiary/aromatic N) is 1. The molecule has 0 heterocycles. The Hall–Kier alpha value is -1.27. The van der Waals surface area contributed by atoms with Gasteiger partial charge < -0.3 is 10.6 Å². The van der Waals surface area contributed by atoms with Crippen LogP contribution >= 0.6 is 0 Å². The second-order valence-electron chi connectivity index (χ2n) is 5.76. The third-order valence-corrected chi connectivity index (χ3v) is 5.44. The Kier molecular flexibility index (Phi) is 3.38. The monoisotopic (exact) mass is 295 g/mol. The summed E-state index contributed by atoms with van der Waals surface area (Å²) in [6.45, 7) is 1.05. The molecule has 2 saturated carbocycles. The molecule has 0 radical (unpaired) electrons. The molecular formula is C14H21N3O2S. The normalized spacial score (nSPS) is 19.1. The van der Waals surface area contributed by atoms with Gasteiger partial charge >= 0.3 is 0 Å². The smallest absolute Gasteiger partial charge is 0.240 e. The zero-order valence-electron chi connectivity index (χ0n) is 11.7. The number of anilines is 2. The van der Waals surface area contributed by atoms with E-state index in [1.54, 1.807) is 12.1 Å². The third-order valence-electron chi connectivity index (χ3n) is 4.03. The molecule has 0 aliphatic heterocycles. The van der Waals surface area contributed by atoms with Crippen LogP contribution in [0.15, 0.2) is 23.1 Å². The lowest BCUT2D eigenvalue weighted by Gasteiger charge is -2.26. The van der Waals surface area contributed by atoms with Crippen LogP contribution in [-0.4, -0.2) is 28.1 Å². The van der Waals surface area contributed by atoms with Crippen molar-refractivity contribution >= 4 is 21.4 Å². The minimum Gasteiger partial charge on any atom is -0.397 e. The van der Waals surface area contributed by atoms with Gasteiger partial charge in [0.1, 0.15) is 0 Å². The van der Waals surface area contributed by atoms with E-state index in [9.17, 15) is 8.42 Å². The first-order valence-electron chi connectivity index (χ1n) is 7.11. The fraction of sp³-hybridized carbons (Fsp3) is 0.571. The summed E-state index contributed by atoms with van der Waals surface area (Å²) in [4.78, 5) is 2.59. The summed E-state index contributed by atoms with van der Waals surface area (Å²) in [5.41, 5.74) is 7.63. The van der Waals surface area contributed by atoms with Gasteiger partial charge in [-0.15, -0.1) is 0 Å². The van der Waals surface area contributed by atoms with E-state index in [1.165, 1.54) is 32.7 Å². The summed E-state index contributed by atoms with van der Waals surface area (Å²) >= 11 is 0. The van der Waals surface area contributed by atoms with Crippen LogP contribution in [0.5, 0.6) is 0 Å². The van der Waals surface area contributed by atoms with Gasteiger partial charge in [0.25, 0.3) is 0 Å². The number of hydrogen-bond donors (Lipinski definition) is 2. The molecule has 0 unspecified atom stereocenters. The Morgan fingerprint density at radius 3 is 2.50 bits per heavy atom. The Balaban J connectivity index is 1.89. The van der Waals surface area contributed by atoms with Gasteiger partial charge in [-0.2, -0.15) is 0 Å². The van der Waals surface area contributed by atoms with Crippen LogP contribution in [0.1, 0.15) is 25.7 Å². The number of sulfonamides is 1. The van der Waals surface area contributed by atoms with E-state index in [4.69, 9.17) is 5.73 Å². The molecule has 0 aromatic heterocycles. The summed E-state index contributed by atoms with van der Waals surface area (Å²) in [6.07, 6.45) is 5.02. The molecule has 3 rings (SSSR count). The molecule has 0 amide bonds. The fourth-order valence-corrected chi connectivity index (χ4v) is 3.25. The molecule has 0 spiro atoms. The predicted molar refractivity (Wildman–Crippen MR) is 80.2 cm³/mol. The second kappa shape index (κ2) is 4.93. The van der Waals surface area contributed by atoms with Gasteiger partial charge in [-0.05, 0) is 56.8 Å². The largest absolute Gasteiger partial charge is 0.397 e. The van der Waals surface area contributed by atoms with Crippen molar-refractivity contribution in [3.63, 3.8) is 0 Å². The number of hydrogen-bond acceptors (Lipinski definition) is 4. The predicted octanol–water partition coefficient (Wildman–Crippen LogP) is 1.56. The van der Waals surface area contributed by atoms with E-state index in [2.05, 4.69) is 9.62 Å². The summed E-state index contributed by atoms with van der Waals surface area (Å²) < 4.78 is 25.9. The Bertz CT molecular complexity index is 607. The number of nitrogen functional groups attached to an aromatic ring is 1. The standard InChI is InChI=1S/C14H21N3O2S/c1-16-20(18,19)12-6-7-14(13(15)8-12)17(11-4-5-11)9-10-2-3-10/h6-8,10-11,16H,2-5,9,15H2,1H3. The van der Waals surface area contributed by atoms with Crippen LogP contribution in [0.2, 0.25) is 0 Å². The van der Waals surface area contributed by atoms with Crippen molar-refractivity contribution in [3.05, 3.63) is 18.2 Å². The topological polar surface area (TPSA) is 75.4 Å². The van der Waals surface area contributed by atoms with Crippen molar-refractivity contribution < 1.29 is 8.42 Å². The van der Waals surface area contributed by atoms with Crippen LogP contribution in [0.4, 0.5) is 11.4 Å². The van der Waals surface area contributed by atoms with Gasteiger partial charge in [-0.1, -0.05) is 0 Å². The van der Waals surface area contributed by atoms with Crippen molar-refractivity contribution in [2.24, 2.45) is 5.92 Å². The quantitative estimate of drug-likeness (QED) is 0.781. The van der Waals surface area contributed by atoms with Gasteiger partial charge in [0.2, 0.25) is 10.0 Å². The molecule has 0 atom stereocenters. The Morgan fingerprint density at radius 2 is 2.00 bits per heavy atom. The van der Waals surface area contributed by atoms with E-state index >= 15 is 0 Å². The highest BCUT2D eigenvalue weighted by molar-refractivity contribution is 7.89. The van der Waals surface area contributed by atoms with Crippen LogP contribution in [-0.2, 0) is 10.0 Å². The molecule has 1 aromatic rings. The van der Waals surface area contributed by atoms with Crippen LogP contribution < -0.4 is 15.4 Å². The Labute approximate surface area is 120 Å². The third kappa shape index (κ3) is 2.76. The lowest BCUT2D eigenvalue weighted by molar-refractivity contribution is 0.588. The molecule has 5 nitrogen and oxygen atoms in total. The van der Waals surface area contributed by atoms with Gasteiger partial charge in [0.15, 0.2) is 0 Å². The molecule has 20 heavy (non-hydrogen) atoms. The van der Waals surface area contributed by atoms with Crippen LogP contribution in [0, 0.1) is 5.92 Å². The van der Waals surface area contributed by atoms with Gasteiger partial charge in [-0.25, -0.2) is 13.1 Å². The number of nitrogens with one attached hydrogen (secondary N) is 1. The average molecular weight is 295 g/mol. The average Bonchev–Trinajstić information content (AvgIpc) is 3.28. The van der Waals surface area contributed by atoms with Crippen molar-refractivity contribution in [1.82, 2.24) is 4.72 Å². The van der Waals surface area contributed by atoms with Crippen molar-refractivity contribution in [2.75, 3.05) is 24.2 Å². The van der Waals surface area contributed by atoms with Gasteiger partial charge in [-0.3, -0.25) is 0 Å². The first-order valence-corrected chi connectivity index (χ1v) is 8.59. The molecule has 2 aliphatic carbocycles. The summed E-state index contributed by atoms with van der Waals surface area (Å²) in [5.74, 6) is 0.788. The molecule has 2 fully saturated rings. The summed E-state index contributed by atoms with van der Waals surface area (Å²) in [6, 6.07) is 5.63. The SMILES string of the molecule is CNS(=O)(=O)c1ccc(N(CC2CC2)C2CC2)c(N)c1. The summed E-state index contributed by atoms with van der Waals surface area (Å²) in [7, 11) is -2.02. The summed E-state index contributed by atoms with van der Waals surface area (Å²) in [5, 5.41) is 0. The number of rotatable bonds is 6. The lowest BCUT2D eigenvalue weighted by atomic mass is 10.2. The van der Waals surface area contributed by atoms with Crippen molar-refractivity contribution in [3.8, 4) is 0 Å². The number of nitrogens with two attached hydrogens (primary N) is 1. The maximum absolute atomic E-state index is 11.8. The van der Waals surface area contributed by atoms with E-state index < -0.39 is 10.0 Å². The van der Waals surface area contributed by atoms with Crippen molar-refractivity contribution in [1.29, 1.82) is 0 Å². The van der Waals surface area contributed by atoms with Gasteiger partial charge in [0, 0.05) is 12.6 Å². The zero-order valence-corrected chi connectivity index (χ0v) is 12.5. The van der Waals surface area contributed by atoms with Crippen LogP contribution in [0.25, 0.3) is 0 Å².